The second-order valence-corrected chi connectivity index (χ2v) is 6.24. The third-order valence-electron chi connectivity index (χ3n) is 4.43. The Balaban J connectivity index is 1.61. The van der Waals surface area contributed by atoms with E-state index in [1.807, 2.05) is 0 Å². The minimum atomic E-state index is -0.482. The molecular weight excluding hydrogens is 354 g/mol. The minimum absolute atomic E-state index is 0.110. The molecule has 2 heterocycles. The van der Waals surface area contributed by atoms with Gasteiger partial charge in [-0.1, -0.05) is 0 Å². The molecule has 0 bridgehead atoms. The number of aromatic hydroxyl groups is 1. The van der Waals surface area contributed by atoms with Crippen molar-refractivity contribution in [3.05, 3.63) is 53.6 Å². The van der Waals surface area contributed by atoms with Crippen molar-refractivity contribution in [2.75, 3.05) is 24.5 Å². The van der Waals surface area contributed by atoms with E-state index >= 15 is 0 Å². The predicted molar refractivity (Wildman–Crippen MR) is 98.8 cm³/mol. The molecule has 0 spiro atoms. The summed E-state index contributed by atoms with van der Waals surface area (Å²) in [6, 6.07) is 8.57. The first-order valence-corrected chi connectivity index (χ1v) is 8.37. The molecule has 1 aliphatic rings. The van der Waals surface area contributed by atoms with Crippen molar-refractivity contribution >= 4 is 34.4 Å². The van der Waals surface area contributed by atoms with Crippen molar-refractivity contribution in [2.45, 2.75) is 0 Å². The summed E-state index contributed by atoms with van der Waals surface area (Å²) in [5.74, 6) is -1.19. The van der Waals surface area contributed by atoms with Crippen LogP contribution in [0.2, 0.25) is 0 Å². The first-order valence-electron chi connectivity index (χ1n) is 8.37. The Morgan fingerprint density at radius 2 is 2.04 bits per heavy atom. The molecule has 2 aromatic carbocycles. The number of rotatable bonds is 3. The SMILES string of the molecule is O=C1CN(c2ccc(N=Cc3c(O)[nH]c4cc(F)ccc34)cc2F)CCN1. The van der Waals surface area contributed by atoms with Crippen LogP contribution in [0.25, 0.3) is 10.9 Å². The number of aliphatic imine (C=N–C) groups is 1. The monoisotopic (exact) mass is 370 g/mol. The summed E-state index contributed by atoms with van der Waals surface area (Å²) in [6.07, 6.45) is 1.40. The number of anilines is 1. The first-order chi connectivity index (χ1) is 13.0. The molecule has 0 radical (unpaired) electrons. The van der Waals surface area contributed by atoms with Crippen LogP contribution in [0.15, 0.2) is 41.4 Å². The van der Waals surface area contributed by atoms with Crippen LogP contribution in [0, 0.1) is 11.6 Å². The average Bonchev–Trinajstić information content (AvgIpc) is 2.94. The molecule has 1 amide bonds. The molecule has 4 rings (SSSR count). The van der Waals surface area contributed by atoms with Gasteiger partial charge in [-0.25, -0.2) is 8.78 Å². The zero-order valence-electron chi connectivity index (χ0n) is 14.2. The first kappa shape index (κ1) is 17.0. The van der Waals surface area contributed by atoms with E-state index in [0.29, 0.717) is 40.9 Å². The normalized spacial score (nSPS) is 14.9. The van der Waals surface area contributed by atoms with Crippen LogP contribution >= 0.6 is 0 Å². The summed E-state index contributed by atoms with van der Waals surface area (Å²) >= 11 is 0. The van der Waals surface area contributed by atoms with Crippen molar-refractivity contribution in [1.82, 2.24) is 10.3 Å². The molecule has 1 aromatic heterocycles. The van der Waals surface area contributed by atoms with Crippen molar-refractivity contribution in [1.29, 1.82) is 0 Å². The van der Waals surface area contributed by atoms with Gasteiger partial charge in [0, 0.05) is 30.8 Å². The van der Waals surface area contributed by atoms with E-state index in [2.05, 4.69) is 15.3 Å². The number of piperazine rings is 1. The van der Waals surface area contributed by atoms with E-state index in [0.717, 1.165) is 0 Å². The maximum atomic E-state index is 14.5. The van der Waals surface area contributed by atoms with Gasteiger partial charge in [0.1, 0.15) is 11.6 Å². The van der Waals surface area contributed by atoms with Crippen molar-refractivity contribution in [2.24, 2.45) is 4.99 Å². The number of benzene rings is 2. The maximum absolute atomic E-state index is 14.5. The standard InChI is InChI=1S/C19H16F2N4O2/c20-11-1-3-13-14(19(27)24-16(13)7-11)9-23-12-2-4-17(15(21)8-12)25-6-5-22-18(26)10-25/h1-4,7-9,24,27H,5-6,10H2,(H,22,26). The summed E-state index contributed by atoms with van der Waals surface area (Å²) in [6.45, 7) is 1.11. The van der Waals surface area contributed by atoms with Crippen LogP contribution in [-0.2, 0) is 4.79 Å². The zero-order chi connectivity index (χ0) is 19.0. The molecule has 3 N–H and O–H groups in total. The van der Waals surface area contributed by atoms with Gasteiger partial charge in [0.25, 0.3) is 0 Å². The third kappa shape index (κ3) is 3.33. The van der Waals surface area contributed by atoms with Gasteiger partial charge in [-0.15, -0.1) is 0 Å². The van der Waals surface area contributed by atoms with Crippen LogP contribution in [0.1, 0.15) is 5.56 Å². The molecule has 1 aliphatic heterocycles. The lowest BCUT2D eigenvalue weighted by Crippen LogP contribution is -2.48. The van der Waals surface area contributed by atoms with Crippen molar-refractivity contribution in [3.8, 4) is 5.88 Å². The fourth-order valence-electron chi connectivity index (χ4n) is 3.12. The number of amides is 1. The fraction of sp³-hybridized carbons (Fsp3) is 0.158. The molecular formula is C19H16F2N4O2. The molecule has 0 aliphatic carbocycles. The maximum Gasteiger partial charge on any atom is 0.239 e. The number of H-pyrrole nitrogens is 1. The van der Waals surface area contributed by atoms with Gasteiger partial charge in [0.05, 0.1) is 29.0 Å². The van der Waals surface area contributed by atoms with Crippen LogP contribution in [0.5, 0.6) is 5.88 Å². The highest BCUT2D eigenvalue weighted by atomic mass is 19.1. The highest BCUT2D eigenvalue weighted by molar-refractivity contribution is 6.02. The number of aromatic nitrogens is 1. The molecule has 6 nitrogen and oxygen atoms in total. The van der Waals surface area contributed by atoms with E-state index < -0.39 is 11.6 Å². The summed E-state index contributed by atoms with van der Waals surface area (Å²) in [5, 5.41) is 13.3. The molecule has 1 saturated heterocycles. The highest BCUT2D eigenvalue weighted by Gasteiger charge is 2.19. The Labute approximate surface area is 153 Å². The lowest BCUT2D eigenvalue weighted by molar-refractivity contribution is -0.120. The van der Waals surface area contributed by atoms with Crippen LogP contribution in [-0.4, -0.2) is 41.8 Å². The van der Waals surface area contributed by atoms with Gasteiger partial charge in [0.2, 0.25) is 5.91 Å². The molecule has 138 valence electrons. The lowest BCUT2D eigenvalue weighted by atomic mass is 10.2. The van der Waals surface area contributed by atoms with Crippen LogP contribution < -0.4 is 10.2 Å². The molecule has 27 heavy (non-hydrogen) atoms. The highest BCUT2D eigenvalue weighted by Crippen LogP contribution is 2.28. The summed E-state index contributed by atoms with van der Waals surface area (Å²) in [4.78, 5) is 20.0. The Bertz CT molecular complexity index is 1060. The molecule has 8 heteroatoms. The van der Waals surface area contributed by atoms with Gasteiger partial charge in [-0.2, -0.15) is 0 Å². The largest absolute Gasteiger partial charge is 0.494 e. The number of hydrogen-bond acceptors (Lipinski definition) is 4. The molecule has 0 atom stereocenters. The predicted octanol–water partition coefficient (Wildman–Crippen LogP) is 2.84. The smallest absolute Gasteiger partial charge is 0.239 e. The van der Waals surface area contributed by atoms with E-state index in [4.69, 9.17) is 0 Å². The Morgan fingerprint density at radius 1 is 1.19 bits per heavy atom. The summed E-state index contributed by atoms with van der Waals surface area (Å²) in [5.41, 5.74) is 1.53. The third-order valence-corrected chi connectivity index (χ3v) is 4.43. The Kier molecular flexibility index (Phi) is 4.23. The quantitative estimate of drug-likeness (QED) is 0.620. The number of carbonyl (C=O) groups is 1. The van der Waals surface area contributed by atoms with E-state index in [1.165, 1.54) is 30.5 Å². The van der Waals surface area contributed by atoms with Crippen LogP contribution in [0.3, 0.4) is 0 Å². The summed E-state index contributed by atoms with van der Waals surface area (Å²) in [7, 11) is 0. The number of fused-ring (bicyclic) bond motifs is 1. The van der Waals surface area contributed by atoms with E-state index in [1.54, 1.807) is 17.0 Å². The number of nitrogens with zero attached hydrogens (tertiary/aromatic N) is 2. The van der Waals surface area contributed by atoms with Gasteiger partial charge in [-0.3, -0.25) is 9.79 Å². The second-order valence-electron chi connectivity index (χ2n) is 6.24. The second kappa shape index (κ2) is 6.71. The molecule has 0 saturated carbocycles. The fourth-order valence-corrected chi connectivity index (χ4v) is 3.12. The van der Waals surface area contributed by atoms with Gasteiger partial charge < -0.3 is 20.3 Å². The van der Waals surface area contributed by atoms with E-state index in [9.17, 15) is 18.7 Å². The van der Waals surface area contributed by atoms with Crippen molar-refractivity contribution in [3.63, 3.8) is 0 Å². The Hall–Kier alpha value is -3.42. The number of halogens is 2. The lowest BCUT2D eigenvalue weighted by Gasteiger charge is -2.28. The topological polar surface area (TPSA) is 80.7 Å². The van der Waals surface area contributed by atoms with Gasteiger partial charge in [0.15, 0.2) is 5.88 Å². The minimum Gasteiger partial charge on any atom is -0.494 e. The van der Waals surface area contributed by atoms with Gasteiger partial charge >= 0.3 is 0 Å². The summed E-state index contributed by atoms with van der Waals surface area (Å²) < 4.78 is 27.7. The van der Waals surface area contributed by atoms with Crippen molar-refractivity contribution < 1.29 is 18.7 Å². The van der Waals surface area contributed by atoms with Crippen LogP contribution in [0.4, 0.5) is 20.2 Å². The van der Waals surface area contributed by atoms with Gasteiger partial charge in [-0.05, 0) is 30.3 Å². The molecule has 1 fully saturated rings. The van der Waals surface area contributed by atoms with E-state index in [-0.39, 0.29) is 18.3 Å². The average molecular weight is 370 g/mol. The zero-order valence-corrected chi connectivity index (χ0v) is 14.2. The number of nitrogens with one attached hydrogen (secondary N) is 2. The molecule has 0 unspecified atom stereocenters. The molecule has 3 aromatic rings. The Morgan fingerprint density at radius 3 is 2.81 bits per heavy atom. The number of hydrogen-bond donors (Lipinski definition) is 3. The number of aromatic amines is 1. The number of carbonyl (C=O) groups excluding carboxylic acids is 1.